The van der Waals surface area contributed by atoms with E-state index in [4.69, 9.17) is 5.11 Å². The largest absolute Gasteiger partial charge is 0.481 e. The number of carbonyl (C=O) groups is 1. The molecule has 0 aliphatic heterocycles. The Morgan fingerprint density at radius 3 is 2.13 bits per heavy atom. The number of hydrogen-bond donors (Lipinski definition) is 1. The minimum atomic E-state index is -0.783. The van der Waals surface area contributed by atoms with Gasteiger partial charge in [0.2, 0.25) is 0 Å². The molecule has 4 nitrogen and oxygen atoms in total. The second-order valence-corrected chi connectivity index (χ2v) is 3.86. The van der Waals surface area contributed by atoms with Crippen LogP contribution in [0.15, 0.2) is 0 Å². The molecule has 15 heavy (non-hydrogen) atoms. The second-order valence-electron chi connectivity index (χ2n) is 3.86. The lowest BCUT2D eigenvalue weighted by atomic mass is 9.99. The fraction of sp³-hybridized carbons (Fsp3) is 0.545. The lowest BCUT2D eigenvalue weighted by Gasteiger charge is -2.11. The van der Waals surface area contributed by atoms with Gasteiger partial charge in [-0.15, -0.1) is 0 Å². The number of carboxylic acids is 1. The standard InChI is InChI=1S/C11H16N2O2/c1-6(11(14)15)5-10-7(2)12-9(4)13-8(10)3/h6H,5H2,1-4H3,(H,14,15). The van der Waals surface area contributed by atoms with E-state index < -0.39 is 11.9 Å². The van der Waals surface area contributed by atoms with Crippen LogP contribution in [0.1, 0.15) is 29.7 Å². The van der Waals surface area contributed by atoms with Crippen molar-refractivity contribution in [2.24, 2.45) is 5.92 Å². The molecule has 1 heterocycles. The zero-order chi connectivity index (χ0) is 11.6. The summed E-state index contributed by atoms with van der Waals surface area (Å²) >= 11 is 0. The predicted molar refractivity (Wildman–Crippen MR) is 56.7 cm³/mol. The summed E-state index contributed by atoms with van der Waals surface area (Å²) in [6.45, 7) is 7.32. The first-order chi connectivity index (χ1) is 6.91. The highest BCUT2D eigenvalue weighted by Crippen LogP contribution is 2.15. The second kappa shape index (κ2) is 4.38. The van der Waals surface area contributed by atoms with Crippen molar-refractivity contribution in [1.29, 1.82) is 0 Å². The van der Waals surface area contributed by atoms with Gasteiger partial charge in [-0.25, -0.2) is 9.97 Å². The molecule has 1 aromatic rings. The van der Waals surface area contributed by atoms with Crippen molar-refractivity contribution in [3.63, 3.8) is 0 Å². The maximum atomic E-state index is 10.8. The topological polar surface area (TPSA) is 63.1 Å². The van der Waals surface area contributed by atoms with Crippen LogP contribution in [0.3, 0.4) is 0 Å². The fourth-order valence-electron chi connectivity index (χ4n) is 1.60. The number of rotatable bonds is 3. The lowest BCUT2D eigenvalue weighted by Crippen LogP contribution is -2.15. The quantitative estimate of drug-likeness (QED) is 0.820. The first kappa shape index (κ1) is 11.6. The SMILES string of the molecule is Cc1nc(C)c(CC(C)C(=O)O)c(C)n1. The fourth-order valence-corrected chi connectivity index (χ4v) is 1.60. The smallest absolute Gasteiger partial charge is 0.306 e. The van der Waals surface area contributed by atoms with Crippen LogP contribution in [-0.4, -0.2) is 21.0 Å². The van der Waals surface area contributed by atoms with Gasteiger partial charge in [0.25, 0.3) is 0 Å². The van der Waals surface area contributed by atoms with Crippen LogP contribution in [0.25, 0.3) is 0 Å². The number of carboxylic acid groups (broad SMARTS) is 1. The summed E-state index contributed by atoms with van der Waals surface area (Å²) in [5.41, 5.74) is 2.72. The van der Waals surface area contributed by atoms with Crippen molar-refractivity contribution in [3.05, 3.63) is 22.8 Å². The Morgan fingerprint density at radius 1 is 1.27 bits per heavy atom. The van der Waals surface area contributed by atoms with Crippen LogP contribution in [0, 0.1) is 26.7 Å². The summed E-state index contributed by atoms with van der Waals surface area (Å²) < 4.78 is 0. The molecule has 0 spiro atoms. The van der Waals surface area contributed by atoms with Crippen molar-refractivity contribution in [2.45, 2.75) is 34.1 Å². The number of aryl methyl sites for hydroxylation is 3. The molecule has 0 saturated carbocycles. The van der Waals surface area contributed by atoms with Gasteiger partial charge in [0, 0.05) is 11.4 Å². The zero-order valence-electron chi connectivity index (χ0n) is 9.53. The van der Waals surface area contributed by atoms with Crippen LogP contribution in [0.4, 0.5) is 0 Å². The summed E-state index contributed by atoms with van der Waals surface area (Å²) in [5, 5.41) is 8.84. The molecular formula is C11H16N2O2. The Bertz CT molecular complexity index is 365. The minimum absolute atomic E-state index is 0.395. The Morgan fingerprint density at radius 2 is 1.73 bits per heavy atom. The van der Waals surface area contributed by atoms with Gasteiger partial charge in [-0.05, 0) is 32.8 Å². The molecule has 0 aliphatic carbocycles. The van der Waals surface area contributed by atoms with Crippen LogP contribution >= 0.6 is 0 Å². The van der Waals surface area contributed by atoms with E-state index >= 15 is 0 Å². The summed E-state index contributed by atoms with van der Waals surface area (Å²) in [6, 6.07) is 0. The number of aromatic nitrogens is 2. The third kappa shape index (κ3) is 2.75. The highest BCUT2D eigenvalue weighted by atomic mass is 16.4. The van der Waals surface area contributed by atoms with E-state index in [1.54, 1.807) is 6.92 Å². The summed E-state index contributed by atoms with van der Waals surface area (Å²) in [6.07, 6.45) is 0.493. The van der Waals surface area contributed by atoms with Gasteiger partial charge in [0.15, 0.2) is 0 Å². The molecule has 0 radical (unpaired) electrons. The predicted octanol–water partition coefficient (Wildman–Crippen LogP) is 1.67. The average Bonchev–Trinajstić information content (AvgIpc) is 2.10. The highest BCUT2D eigenvalue weighted by molar-refractivity contribution is 5.70. The Hall–Kier alpha value is -1.45. The van der Waals surface area contributed by atoms with Crippen molar-refractivity contribution in [2.75, 3.05) is 0 Å². The Balaban J connectivity index is 3.00. The van der Waals surface area contributed by atoms with Gasteiger partial charge in [0.1, 0.15) is 5.82 Å². The molecule has 1 N–H and O–H groups in total. The van der Waals surface area contributed by atoms with Crippen LogP contribution in [0.2, 0.25) is 0 Å². The van der Waals surface area contributed by atoms with Crippen LogP contribution in [0.5, 0.6) is 0 Å². The molecule has 82 valence electrons. The van der Waals surface area contributed by atoms with Gasteiger partial charge >= 0.3 is 5.97 Å². The van der Waals surface area contributed by atoms with Gasteiger partial charge in [0.05, 0.1) is 5.92 Å². The molecule has 0 aliphatic rings. The average molecular weight is 208 g/mol. The molecule has 4 heteroatoms. The van der Waals surface area contributed by atoms with Crippen molar-refractivity contribution in [1.82, 2.24) is 9.97 Å². The van der Waals surface area contributed by atoms with E-state index in [1.807, 2.05) is 20.8 Å². The van der Waals surface area contributed by atoms with E-state index in [9.17, 15) is 4.79 Å². The number of aliphatic carboxylic acids is 1. The number of nitrogens with zero attached hydrogens (tertiary/aromatic N) is 2. The maximum Gasteiger partial charge on any atom is 0.306 e. The van der Waals surface area contributed by atoms with Crippen LogP contribution in [-0.2, 0) is 11.2 Å². The third-order valence-electron chi connectivity index (χ3n) is 2.46. The molecule has 0 amide bonds. The number of hydrogen-bond acceptors (Lipinski definition) is 3. The van der Waals surface area contributed by atoms with Crippen LogP contribution < -0.4 is 0 Å². The molecule has 1 rings (SSSR count). The van der Waals surface area contributed by atoms with Gasteiger partial charge in [-0.3, -0.25) is 4.79 Å². The van der Waals surface area contributed by atoms with Gasteiger partial charge in [-0.1, -0.05) is 6.92 Å². The molecule has 0 saturated heterocycles. The molecule has 1 aromatic heterocycles. The molecule has 0 aromatic carbocycles. The third-order valence-corrected chi connectivity index (χ3v) is 2.46. The monoisotopic (exact) mass is 208 g/mol. The summed E-state index contributed by atoms with van der Waals surface area (Å²) in [5.74, 6) is -0.445. The van der Waals surface area contributed by atoms with E-state index in [0.29, 0.717) is 6.42 Å². The summed E-state index contributed by atoms with van der Waals surface area (Å²) in [4.78, 5) is 19.2. The van der Waals surface area contributed by atoms with Gasteiger partial charge in [-0.2, -0.15) is 0 Å². The van der Waals surface area contributed by atoms with Crippen molar-refractivity contribution >= 4 is 5.97 Å². The van der Waals surface area contributed by atoms with E-state index in [1.165, 1.54) is 0 Å². The molecule has 0 bridgehead atoms. The van der Waals surface area contributed by atoms with E-state index in [2.05, 4.69) is 9.97 Å². The normalized spacial score (nSPS) is 12.5. The van der Waals surface area contributed by atoms with E-state index in [-0.39, 0.29) is 0 Å². The molecular weight excluding hydrogens is 192 g/mol. The summed E-state index contributed by atoms with van der Waals surface area (Å²) in [7, 11) is 0. The molecule has 0 fully saturated rings. The van der Waals surface area contributed by atoms with E-state index in [0.717, 1.165) is 22.8 Å². The van der Waals surface area contributed by atoms with Crippen molar-refractivity contribution < 1.29 is 9.90 Å². The first-order valence-electron chi connectivity index (χ1n) is 4.95. The molecule has 1 atom stereocenters. The lowest BCUT2D eigenvalue weighted by molar-refractivity contribution is -0.141. The molecule has 1 unspecified atom stereocenters. The Labute approximate surface area is 89.4 Å². The maximum absolute atomic E-state index is 10.8. The highest BCUT2D eigenvalue weighted by Gasteiger charge is 2.15. The Kier molecular flexibility index (Phi) is 3.39. The minimum Gasteiger partial charge on any atom is -0.481 e. The van der Waals surface area contributed by atoms with Gasteiger partial charge < -0.3 is 5.11 Å². The first-order valence-corrected chi connectivity index (χ1v) is 4.95. The zero-order valence-corrected chi connectivity index (χ0v) is 9.53. The van der Waals surface area contributed by atoms with Crippen molar-refractivity contribution in [3.8, 4) is 0 Å².